The van der Waals surface area contributed by atoms with Crippen LogP contribution in [0.1, 0.15) is 29.6 Å². The molecule has 1 aliphatic rings. The quantitative estimate of drug-likeness (QED) is 0.816. The third-order valence-corrected chi connectivity index (χ3v) is 4.09. The fourth-order valence-corrected chi connectivity index (χ4v) is 2.80. The van der Waals surface area contributed by atoms with Crippen LogP contribution in [0.2, 0.25) is 0 Å². The number of amides is 1. The maximum atomic E-state index is 12.9. The molecule has 0 aliphatic carbocycles. The SMILES string of the molecule is COc1ccc(C(=O)N(CCC(=O)O)C2CCOCC2)cc1OC. The normalized spacial score (nSPS) is 14.9. The number of hydrogen-bond donors (Lipinski definition) is 1. The van der Waals surface area contributed by atoms with Gasteiger partial charge in [0, 0.05) is 31.4 Å². The first-order chi connectivity index (χ1) is 11.6. The maximum absolute atomic E-state index is 12.9. The van der Waals surface area contributed by atoms with Crippen LogP contribution in [-0.2, 0) is 9.53 Å². The molecule has 24 heavy (non-hydrogen) atoms. The summed E-state index contributed by atoms with van der Waals surface area (Å²) in [6.07, 6.45) is 1.33. The lowest BCUT2D eigenvalue weighted by atomic mass is 10.0. The molecule has 1 heterocycles. The number of methoxy groups -OCH3 is 2. The third-order valence-electron chi connectivity index (χ3n) is 4.09. The number of hydrogen-bond acceptors (Lipinski definition) is 5. The van der Waals surface area contributed by atoms with Crippen molar-refractivity contribution in [2.45, 2.75) is 25.3 Å². The summed E-state index contributed by atoms with van der Waals surface area (Å²) in [5, 5.41) is 8.96. The van der Waals surface area contributed by atoms with Crippen molar-refractivity contribution in [2.75, 3.05) is 34.0 Å². The number of aliphatic carboxylic acids is 1. The fraction of sp³-hybridized carbons (Fsp3) is 0.529. The fourth-order valence-electron chi connectivity index (χ4n) is 2.80. The van der Waals surface area contributed by atoms with E-state index >= 15 is 0 Å². The maximum Gasteiger partial charge on any atom is 0.305 e. The van der Waals surface area contributed by atoms with Gasteiger partial charge in [0.25, 0.3) is 5.91 Å². The van der Waals surface area contributed by atoms with E-state index in [1.165, 1.54) is 14.2 Å². The molecule has 0 saturated carbocycles. The molecule has 0 bridgehead atoms. The second-order valence-corrected chi connectivity index (χ2v) is 5.56. The topological polar surface area (TPSA) is 85.3 Å². The van der Waals surface area contributed by atoms with Crippen molar-refractivity contribution in [1.82, 2.24) is 4.90 Å². The second kappa shape index (κ2) is 8.54. The minimum absolute atomic E-state index is 0.0151. The van der Waals surface area contributed by atoms with Crippen LogP contribution in [-0.4, -0.2) is 61.9 Å². The molecule has 7 nitrogen and oxygen atoms in total. The van der Waals surface area contributed by atoms with Crippen LogP contribution in [0, 0.1) is 0 Å². The van der Waals surface area contributed by atoms with Crippen LogP contribution in [0.15, 0.2) is 18.2 Å². The zero-order valence-corrected chi connectivity index (χ0v) is 14.0. The number of ether oxygens (including phenoxy) is 3. The molecule has 1 aliphatic heterocycles. The van der Waals surface area contributed by atoms with Gasteiger partial charge in [0.05, 0.1) is 20.6 Å². The molecular weight excluding hydrogens is 314 g/mol. The Labute approximate surface area is 141 Å². The third kappa shape index (κ3) is 4.38. The predicted molar refractivity (Wildman–Crippen MR) is 86.7 cm³/mol. The highest BCUT2D eigenvalue weighted by molar-refractivity contribution is 5.95. The van der Waals surface area contributed by atoms with E-state index in [2.05, 4.69) is 0 Å². The average molecular weight is 337 g/mol. The molecule has 7 heteroatoms. The molecule has 1 aromatic carbocycles. The monoisotopic (exact) mass is 337 g/mol. The van der Waals surface area contributed by atoms with E-state index in [0.717, 1.165) is 0 Å². The van der Waals surface area contributed by atoms with Crippen molar-refractivity contribution in [1.29, 1.82) is 0 Å². The van der Waals surface area contributed by atoms with Gasteiger partial charge in [0.2, 0.25) is 0 Å². The van der Waals surface area contributed by atoms with Crippen LogP contribution < -0.4 is 9.47 Å². The minimum atomic E-state index is -0.924. The van der Waals surface area contributed by atoms with Gasteiger partial charge < -0.3 is 24.2 Å². The molecule has 0 unspecified atom stereocenters. The lowest BCUT2D eigenvalue weighted by Gasteiger charge is -2.34. The Morgan fingerprint density at radius 2 is 1.88 bits per heavy atom. The van der Waals surface area contributed by atoms with E-state index in [-0.39, 0.29) is 24.9 Å². The van der Waals surface area contributed by atoms with E-state index < -0.39 is 5.97 Å². The van der Waals surface area contributed by atoms with Gasteiger partial charge in [-0.1, -0.05) is 0 Å². The molecule has 0 atom stereocenters. The van der Waals surface area contributed by atoms with Crippen LogP contribution in [0.4, 0.5) is 0 Å². The highest BCUT2D eigenvalue weighted by Gasteiger charge is 2.27. The highest BCUT2D eigenvalue weighted by Crippen LogP contribution is 2.29. The van der Waals surface area contributed by atoms with Crippen molar-refractivity contribution in [3.63, 3.8) is 0 Å². The smallest absolute Gasteiger partial charge is 0.305 e. The van der Waals surface area contributed by atoms with Gasteiger partial charge in [-0.05, 0) is 31.0 Å². The van der Waals surface area contributed by atoms with Crippen LogP contribution in [0.5, 0.6) is 11.5 Å². The molecule has 0 spiro atoms. The summed E-state index contributed by atoms with van der Waals surface area (Å²) in [5.74, 6) is -0.123. The van der Waals surface area contributed by atoms with Gasteiger partial charge in [-0.3, -0.25) is 9.59 Å². The molecule has 1 amide bonds. The number of carboxylic acids is 1. The van der Waals surface area contributed by atoms with E-state index in [0.29, 0.717) is 43.1 Å². The minimum Gasteiger partial charge on any atom is -0.493 e. The van der Waals surface area contributed by atoms with Crippen molar-refractivity contribution < 1.29 is 28.9 Å². The molecular formula is C17H23NO6. The Balaban J connectivity index is 2.23. The number of carboxylic acid groups (broad SMARTS) is 1. The molecule has 0 radical (unpaired) electrons. The summed E-state index contributed by atoms with van der Waals surface area (Å²) < 4.78 is 15.8. The molecule has 1 aromatic rings. The number of carbonyl (C=O) groups excluding carboxylic acids is 1. The molecule has 1 saturated heterocycles. The summed E-state index contributed by atoms with van der Waals surface area (Å²) in [5.41, 5.74) is 0.449. The molecule has 132 valence electrons. The van der Waals surface area contributed by atoms with Gasteiger partial charge >= 0.3 is 5.97 Å². The van der Waals surface area contributed by atoms with Crippen LogP contribution >= 0.6 is 0 Å². The zero-order valence-electron chi connectivity index (χ0n) is 14.0. The van der Waals surface area contributed by atoms with Gasteiger partial charge in [-0.2, -0.15) is 0 Å². The average Bonchev–Trinajstić information content (AvgIpc) is 2.61. The Morgan fingerprint density at radius 1 is 1.21 bits per heavy atom. The second-order valence-electron chi connectivity index (χ2n) is 5.56. The number of benzene rings is 1. The first-order valence-electron chi connectivity index (χ1n) is 7.89. The molecule has 0 aromatic heterocycles. The van der Waals surface area contributed by atoms with E-state index in [1.807, 2.05) is 0 Å². The van der Waals surface area contributed by atoms with E-state index in [9.17, 15) is 9.59 Å². The first-order valence-corrected chi connectivity index (χ1v) is 7.89. The number of carbonyl (C=O) groups is 2. The van der Waals surface area contributed by atoms with Crippen molar-refractivity contribution in [3.05, 3.63) is 23.8 Å². The molecule has 1 fully saturated rings. The standard InChI is InChI=1S/C17H23NO6/c1-22-14-4-3-12(11-15(14)23-2)17(21)18(8-5-16(19)20)13-6-9-24-10-7-13/h3-4,11,13H,5-10H2,1-2H3,(H,19,20). The van der Waals surface area contributed by atoms with Gasteiger partial charge in [0.1, 0.15) is 0 Å². The Bertz CT molecular complexity index is 582. The Hall–Kier alpha value is -2.28. The molecule has 2 rings (SSSR count). The lowest BCUT2D eigenvalue weighted by Crippen LogP contribution is -2.44. The Kier molecular flexibility index (Phi) is 6.43. The van der Waals surface area contributed by atoms with Gasteiger partial charge in [0.15, 0.2) is 11.5 Å². The van der Waals surface area contributed by atoms with E-state index in [4.69, 9.17) is 19.3 Å². The van der Waals surface area contributed by atoms with Crippen molar-refractivity contribution in [3.8, 4) is 11.5 Å². The van der Waals surface area contributed by atoms with Gasteiger partial charge in [-0.15, -0.1) is 0 Å². The predicted octanol–water partition coefficient (Wildman–Crippen LogP) is 1.80. The summed E-state index contributed by atoms with van der Waals surface area (Å²) in [7, 11) is 3.04. The summed E-state index contributed by atoms with van der Waals surface area (Å²) in [6, 6.07) is 4.94. The van der Waals surface area contributed by atoms with Crippen LogP contribution in [0.3, 0.4) is 0 Å². The number of nitrogens with zero attached hydrogens (tertiary/aromatic N) is 1. The summed E-state index contributed by atoms with van der Waals surface area (Å²) >= 11 is 0. The van der Waals surface area contributed by atoms with Crippen molar-refractivity contribution in [2.24, 2.45) is 0 Å². The largest absolute Gasteiger partial charge is 0.493 e. The lowest BCUT2D eigenvalue weighted by molar-refractivity contribution is -0.137. The highest BCUT2D eigenvalue weighted by atomic mass is 16.5. The summed E-state index contributed by atoms with van der Waals surface area (Å²) in [4.78, 5) is 25.5. The zero-order chi connectivity index (χ0) is 17.5. The Morgan fingerprint density at radius 3 is 2.46 bits per heavy atom. The van der Waals surface area contributed by atoms with E-state index in [1.54, 1.807) is 23.1 Å². The van der Waals surface area contributed by atoms with Gasteiger partial charge in [-0.25, -0.2) is 0 Å². The summed E-state index contributed by atoms with van der Waals surface area (Å²) in [6.45, 7) is 1.33. The van der Waals surface area contributed by atoms with Crippen LogP contribution in [0.25, 0.3) is 0 Å². The van der Waals surface area contributed by atoms with Crippen molar-refractivity contribution >= 4 is 11.9 Å². The number of rotatable bonds is 7. The molecule has 1 N–H and O–H groups in total. The first kappa shape index (κ1) is 18.1.